The summed E-state index contributed by atoms with van der Waals surface area (Å²) >= 11 is 0. The minimum absolute atomic E-state index is 0.197. The Morgan fingerprint density at radius 1 is 1.32 bits per heavy atom. The van der Waals surface area contributed by atoms with Crippen molar-refractivity contribution in [2.45, 2.75) is 12.8 Å². The molecular weight excluding hydrogens is 250 g/mol. The molecule has 19 heavy (non-hydrogen) atoms. The van der Waals surface area contributed by atoms with Crippen LogP contribution in [0.2, 0.25) is 0 Å². The van der Waals surface area contributed by atoms with E-state index in [0.717, 1.165) is 26.1 Å². The van der Waals surface area contributed by atoms with Gasteiger partial charge in [-0.2, -0.15) is 5.26 Å². The molecule has 1 fully saturated rings. The fourth-order valence-corrected chi connectivity index (χ4v) is 2.34. The Bertz CT molecular complexity index is 493. The van der Waals surface area contributed by atoms with Crippen molar-refractivity contribution >= 4 is 5.69 Å². The van der Waals surface area contributed by atoms with Crippen LogP contribution in [-0.2, 0) is 4.74 Å². The van der Waals surface area contributed by atoms with Gasteiger partial charge >= 0.3 is 0 Å². The molecule has 0 amide bonds. The van der Waals surface area contributed by atoms with Gasteiger partial charge in [0.1, 0.15) is 6.07 Å². The number of ether oxygens (including phenoxy) is 1. The molecule has 1 saturated heterocycles. The van der Waals surface area contributed by atoms with Gasteiger partial charge in [0.25, 0.3) is 0 Å². The van der Waals surface area contributed by atoms with Gasteiger partial charge in [-0.3, -0.25) is 0 Å². The maximum atomic E-state index is 13.9. The molecule has 0 saturated carbocycles. The zero-order chi connectivity index (χ0) is 13.8. The van der Waals surface area contributed by atoms with Crippen LogP contribution in [0.15, 0.2) is 12.1 Å². The van der Waals surface area contributed by atoms with Crippen LogP contribution < -0.4 is 4.90 Å². The average Bonchev–Trinajstić information content (AvgIpc) is 2.42. The lowest BCUT2D eigenvalue weighted by molar-refractivity contribution is 0.0685. The molecule has 0 bridgehead atoms. The van der Waals surface area contributed by atoms with E-state index in [1.54, 1.807) is 18.0 Å². The van der Waals surface area contributed by atoms with Crippen LogP contribution in [0.1, 0.15) is 18.4 Å². The van der Waals surface area contributed by atoms with Gasteiger partial charge < -0.3 is 9.64 Å². The largest absolute Gasteiger partial charge is 0.381 e. The van der Waals surface area contributed by atoms with Crippen molar-refractivity contribution in [2.24, 2.45) is 5.92 Å². The van der Waals surface area contributed by atoms with E-state index in [1.165, 1.54) is 12.1 Å². The minimum atomic E-state index is -1.07. The van der Waals surface area contributed by atoms with Crippen molar-refractivity contribution in [1.82, 2.24) is 0 Å². The maximum Gasteiger partial charge on any atom is 0.183 e. The highest BCUT2D eigenvalue weighted by molar-refractivity contribution is 5.51. The second-order valence-corrected chi connectivity index (χ2v) is 4.81. The molecule has 1 heterocycles. The lowest BCUT2D eigenvalue weighted by atomic mass is 9.99. The van der Waals surface area contributed by atoms with E-state index >= 15 is 0 Å². The van der Waals surface area contributed by atoms with Gasteiger partial charge in [-0.25, -0.2) is 8.78 Å². The van der Waals surface area contributed by atoms with Gasteiger partial charge in [0.15, 0.2) is 11.6 Å². The van der Waals surface area contributed by atoms with Crippen molar-refractivity contribution in [3.05, 3.63) is 29.3 Å². The standard InChI is InChI=1S/C14H16F2N2O/c1-18(9-10-4-6-19-7-5-10)12-3-2-11(8-17)13(15)14(12)16/h2-3,10H,4-7,9H2,1H3. The van der Waals surface area contributed by atoms with Gasteiger partial charge in [0.05, 0.1) is 11.3 Å². The molecule has 0 N–H and O–H groups in total. The van der Waals surface area contributed by atoms with Crippen molar-refractivity contribution in [1.29, 1.82) is 5.26 Å². The van der Waals surface area contributed by atoms with Gasteiger partial charge in [-0.05, 0) is 30.9 Å². The number of halogens is 2. The number of rotatable bonds is 3. The molecule has 1 aliphatic heterocycles. The van der Waals surface area contributed by atoms with Crippen LogP contribution in [0, 0.1) is 28.9 Å². The van der Waals surface area contributed by atoms with E-state index in [0.29, 0.717) is 12.5 Å². The molecule has 102 valence electrons. The second kappa shape index (κ2) is 5.98. The van der Waals surface area contributed by atoms with E-state index in [4.69, 9.17) is 10.00 Å². The molecule has 1 aliphatic rings. The van der Waals surface area contributed by atoms with E-state index < -0.39 is 11.6 Å². The normalized spacial score (nSPS) is 16.1. The van der Waals surface area contributed by atoms with Crippen molar-refractivity contribution < 1.29 is 13.5 Å². The van der Waals surface area contributed by atoms with Crippen LogP contribution in [0.4, 0.5) is 14.5 Å². The first kappa shape index (κ1) is 13.8. The molecule has 1 aromatic rings. The fourth-order valence-electron chi connectivity index (χ4n) is 2.34. The third kappa shape index (κ3) is 3.02. The molecule has 0 unspecified atom stereocenters. The van der Waals surface area contributed by atoms with Crippen LogP contribution >= 0.6 is 0 Å². The monoisotopic (exact) mass is 266 g/mol. The molecule has 3 nitrogen and oxygen atoms in total. The highest BCUT2D eigenvalue weighted by Crippen LogP contribution is 2.25. The molecule has 0 spiro atoms. The molecule has 0 atom stereocenters. The first-order valence-electron chi connectivity index (χ1n) is 6.30. The summed E-state index contributed by atoms with van der Waals surface area (Å²) < 4.78 is 32.7. The molecule has 0 aromatic heterocycles. The highest BCUT2D eigenvalue weighted by Gasteiger charge is 2.20. The van der Waals surface area contributed by atoms with E-state index in [-0.39, 0.29) is 11.3 Å². The smallest absolute Gasteiger partial charge is 0.183 e. The van der Waals surface area contributed by atoms with Crippen LogP contribution in [-0.4, -0.2) is 26.8 Å². The Morgan fingerprint density at radius 3 is 2.63 bits per heavy atom. The third-order valence-electron chi connectivity index (χ3n) is 3.47. The first-order valence-corrected chi connectivity index (χ1v) is 6.30. The summed E-state index contributed by atoms with van der Waals surface area (Å²) in [5.41, 5.74) is -0.0660. The average molecular weight is 266 g/mol. The summed E-state index contributed by atoms with van der Waals surface area (Å²) in [5.74, 6) is -1.59. The number of nitrogens with zero attached hydrogens (tertiary/aromatic N) is 2. The lowest BCUT2D eigenvalue weighted by Crippen LogP contribution is -2.30. The Labute approximate surface area is 111 Å². The Kier molecular flexibility index (Phi) is 4.33. The Balaban J connectivity index is 2.12. The summed E-state index contributed by atoms with van der Waals surface area (Å²) in [6.45, 7) is 2.11. The molecular formula is C14H16F2N2O. The second-order valence-electron chi connectivity index (χ2n) is 4.81. The quantitative estimate of drug-likeness (QED) is 0.844. The molecule has 0 aliphatic carbocycles. The van der Waals surface area contributed by atoms with Gasteiger partial charge in [0.2, 0.25) is 0 Å². The summed E-state index contributed by atoms with van der Waals surface area (Å²) in [7, 11) is 1.74. The zero-order valence-electron chi connectivity index (χ0n) is 10.8. The minimum Gasteiger partial charge on any atom is -0.381 e. The van der Waals surface area contributed by atoms with Gasteiger partial charge in [-0.1, -0.05) is 0 Å². The van der Waals surface area contributed by atoms with Crippen molar-refractivity contribution in [3.63, 3.8) is 0 Å². The van der Waals surface area contributed by atoms with Crippen LogP contribution in [0.25, 0.3) is 0 Å². The van der Waals surface area contributed by atoms with Crippen molar-refractivity contribution in [2.75, 3.05) is 31.7 Å². The Hall–Kier alpha value is -1.67. The fraction of sp³-hybridized carbons (Fsp3) is 0.500. The summed E-state index contributed by atoms with van der Waals surface area (Å²) in [5, 5.41) is 8.65. The van der Waals surface area contributed by atoms with E-state index in [1.807, 2.05) is 0 Å². The van der Waals surface area contributed by atoms with E-state index in [9.17, 15) is 8.78 Å². The number of benzene rings is 1. The van der Waals surface area contributed by atoms with Crippen LogP contribution in [0.3, 0.4) is 0 Å². The zero-order valence-corrected chi connectivity index (χ0v) is 10.8. The predicted octanol–water partition coefficient (Wildman–Crippen LogP) is 2.70. The number of anilines is 1. The summed E-state index contributed by atoms with van der Waals surface area (Å²) in [6, 6.07) is 4.40. The third-order valence-corrected chi connectivity index (χ3v) is 3.47. The number of hydrogen-bond donors (Lipinski definition) is 0. The van der Waals surface area contributed by atoms with Crippen LogP contribution in [0.5, 0.6) is 0 Å². The topological polar surface area (TPSA) is 36.3 Å². The summed E-state index contributed by atoms with van der Waals surface area (Å²) in [4.78, 5) is 1.70. The van der Waals surface area contributed by atoms with Gasteiger partial charge in [-0.15, -0.1) is 0 Å². The van der Waals surface area contributed by atoms with Crippen molar-refractivity contribution in [3.8, 4) is 6.07 Å². The molecule has 0 radical (unpaired) electrons. The SMILES string of the molecule is CN(CC1CCOCC1)c1ccc(C#N)c(F)c1F. The summed E-state index contributed by atoms with van der Waals surface area (Å²) in [6.07, 6.45) is 1.87. The lowest BCUT2D eigenvalue weighted by Gasteiger charge is -2.28. The highest BCUT2D eigenvalue weighted by atomic mass is 19.2. The Morgan fingerprint density at radius 2 is 2.00 bits per heavy atom. The molecule has 5 heteroatoms. The first-order chi connectivity index (χ1) is 9.13. The van der Waals surface area contributed by atoms with E-state index in [2.05, 4.69) is 0 Å². The predicted molar refractivity (Wildman–Crippen MR) is 67.9 cm³/mol. The number of hydrogen-bond acceptors (Lipinski definition) is 3. The van der Waals surface area contributed by atoms with Gasteiger partial charge in [0, 0.05) is 26.8 Å². The molecule has 1 aromatic carbocycles. The molecule has 2 rings (SSSR count). The maximum absolute atomic E-state index is 13.9. The number of nitriles is 1.